The van der Waals surface area contributed by atoms with Gasteiger partial charge in [-0.15, -0.1) is 0 Å². The molecule has 0 radical (unpaired) electrons. The number of rotatable bonds is 3. The average Bonchev–Trinajstić information content (AvgIpc) is 2.45. The van der Waals surface area contributed by atoms with Crippen LogP contribution < -0.4 is 16.0 Å². The molecule has 110 valence electrons. The van der Waals surface area contributed by atoms with Crippen molar-refractivity contribution in [2.75, 3.05) is 7.05 Å². The van der Waals surface area contributed by atoms with Crippen LogP contribution in [0.4, 0.5) is 10.5 Å². The lowest BCUT2D eigenvalue weighted by atomic mass is 9.94. The molecule has 1 heterocycles. The summed E-state index contributed by atoms with van der Waals surface area (Å²) in [5.41, 5.74) is 1.10. The van der Waals surface area contributed by atoms with Crippen molar-refractivity contribution in [2.24, 2.45) is 0 Å². The number of nitrogens with one attached hydrogen (secondary N) is 3. The van der Waals surface area contributed by atoms with Gasteiger partial charge in [0.25, 0.3) is 11.6 Å². The smallest absolute Gasteiger partial charge is 0.319 e. The number of hydrogen-bond donors (Lipinski definition) is 3. The van der Waals surface area contributed by atoms with Crippen molar-refractivity contribution < 1.29 is 14.5 Å². The molecule has 0 aliphatic carbocycles. The van der Waals surface area contributed by atoms with Gasteiger partial charge in [-0.1, -0.05) is 12.1 Å². The average molecular weight is 290 g/mol. The van der Waals surface area contributed by atoms with Gasteiger partial charge in [0.15, 0.2) is 0 Å². The predicted molar refractivity (Wildman–Crippen MR) is 74.3 cm³/mol. The number of likely N-dealkylation sites (N-methyl/N-ethyl adjacent to an activating group) is 1. The van der Waals surface area contributed by atoms with Crippen molar-refractivity contribution in [1.82, 2.24) is 16.0 Å². The predicted octanol–water partition coefficient (Wildman–Crippen LogP) is 0.969. The number of amides is 3. The number of carbonyl (C=O) groups excluding carboxylic acids is 2. The molecule has 1 aromatic carbocycles. The van der Waals surface area contributed by atoms with E-state index in [1.165, 1.54) is 25.2 Å². The molecule has 0 saturated heterocycles. The Kier molecular flexibility index (Phi) is 3.88. The number of nitro groups is 1. The Morgan fingerprint density at radius 1 is 1.43 bits per heavy atom. The highest BCUT2D eigenvalue weighted by Crippen LogP contribution is 2.28. The van der Waals surface area contributed by atoms with Gasteiger partial charge in [0, 0.05) is 24.9 Å². The van der Waals surface area contributed by atoms with Gasteiger partial charge >= 0.3 is 6.03 Å². The van der Waals surface area contributed by atoms with Crippen molar-refractivity contribution in [3.8, 4) is 0 Å². The third kappa shape index (κ3) is 2.83. The van der Waals surface area contributed by atoms with Gasteiger partial charge in [0.05, 0.1) is 16.5 Å². The molecule has 2 rings (SSSR count). The maximum Gasteiger partial charge on any atom is 0.319 e. The van der Waals surface area contributed by atoms with Crippen LogP contribution in [0.15, 0.2) is 35.5 Å². The molecule has 0 aromatic heterocycles. The van der Waals surface area contributed by atoms with Crippen LogP contribution in [0.2, 0.25) is 0 Å². The number of hydrogen-bond acceptors (Lipinski definition) is 4. The first-order chi connectivity index (χ1) is 9.93. The van der Waals surface area contributed by atoms with E-state index < -0.39 is 17.0 Å². The lowest BCUT2D eigenvalue weighted by molar-refractivity contribution is -0.384. The second-order valence-electron chi connectivity index (χ2n) is 4.50. The van der Waals surface area contributed by atoms with Crippen LogP contribution in [-0.2, 0) is 4.79 Å². The molecular formula is C13H14N4O4. The van der Waals surface area contributed by atoms with Crippen LogP contribution in [-0.4, -0.2) is 23.9 Å². The second-order valence-corrected chi connectivity index (χ2v) is 4.50. The summed E-state index contributed by atoms with van der Waals surface area (Å²) in [4.78, 5) is 33.9. The fourth-order valence-corrected chi connectivity index (χ4v) is 2.20. The zero-order valence-corrected chi connectivity index (χ0v) is 11.5. The van der Waals surface area contributed by atoms with E-state index in [9.17, 15) is 19.7 Å². The quantitative estimate of drug-likeness (QED) is 0.568. The summed E-state index contributed by atoms with van der Waals surface area (Å²) in [6.45, 7) is 1.60. The third-order valence-electron chi connectivity index (χ3n) is 3.16. The van der Waals surface area contributed by atoms with Crippen molar-refractivity contribution in [3.63, 3.8) is 0 Å². The largest absolute Gasteiger partial charge is 0.355 e. The molecule has 21 heavy (non-hydrogen) atoms. The Hall–Kier alpha value is -2.90. The lowest BCUT2D eigenvalue weighted by Crippen LogP contribution is -2.46. The van der Waals surface area contributed by atoms with Gasteiger partial charge < -0.3 is 16.0 Å². The molecule has 1 aliphatic heterocycles. The monoisotopic (exact) mass is 290 g/mol. The summed E-state index contributed by atoms with van der Waals surface area (Å²) in [6, 6.07) is 4.63. The highest BCUT2D eigenvalue weighted by atomic mass is 16.6. The van der Waals surface area contributed by atoms with Gasteiger partial charge in [-0.25, -0.2) is 4.79 Å². The van der Waals surface area contributed by atoms with E-state index in [-0.39, 0.29) is 11.6 Å². The van der Waals surface area contributed by atoms with Crippen LogP contribution in [0.1, 0.15) is 18.5 Å². The Morgan fingerprint density at radius 3 is 2.76 bits per heavy atom. The molecule has 1 unspecified atom stereocenters. The number of carbonyl (C=O) groups is 2. The first-order valence-electron chi connectivity index (χ1n) is 6.18. The van der Waals surface area contributed by atoms with Crippen molar-refractivity contribution in [3.05, 3.63) is 51.2 Å². The molecule has 0 saturated carbocycles. The van der Waals surface area contributed by atoms with Crippen LogP contribution >= 0.6 is 0 Å². The fourth-order valence-electron chi connectivity index (χ4n) is 2.20. The molecule has 1 atom stereocenters. The second kappa shape index (κ2) is 5.61. The number of nitrogens with zero attached hydrogens (tertiary/aromatic N) is 1. The Labute approximate surface area is 120 Å². The Bertz CT molecular complexity index is 653. The van der Waals surface area contributed by atoms with Crippen LogP contribution in [0.25, 0.3) is 0 Å². The van der Waals surface area contributed by atoms with Gasteiger partial charge in [-0.3, -0.25) is 14.9 Å². The Morgan fingerprint density at radius 2 is 2.14 bits per heavy atom. The number of benzene rings is 1. The summed E-state index contributed by atoms with van der Waals surface area (Å²) >= 11 is 0. The van der Waals surface area contributed by atoms with Gasteiger partial charge in [-0.2, -0.15) is 0 Å². The fraction of sp³-hybridized carbons (Fsp3) is 0.231. The van der Waals surface area contributed by atoms with Crippen LogP contribution in [0.5, 0.6) is 0 Å². The van der Waals surface area contributed by atoms with Crippen molar-refractivity contribution in [2.45, 2.75) is 13.0 Å². The minimum absolute atomic E-state index is 0.103. The molecule has 3 N–H and O–H groups in total. The normalized spacial score (nSPS) is 17.8. The van der Waals surface area contributed by atoms with E-state index >= 15 is 0 Å². The minimum Gasteiger partial charge on any atom is -0.355 e. The first kappa shape index (κ1) is 14.5. The number of urea groups is 1. The minimum atomic E-state index is -0.737. The van der Waals surface area contributed by atoms with E-state index in [4.69, 9.17) is 0 Å². The highest BCUT2D eigenvalue weighted by molar-refractivity contribution is 5.98. The standard InChI is InChI=1S/C13H14N4O4/c1-7-10(12(18)14-2)11(16-13(19)15-7)8-4-3-5-9(6-8)17(20)21/h3-6,11H,1-2H3,(H,14,18)(H2,15,16,19). The molecule has 3 amide bonds. The summed E-state index contributed by atoms with van der Waals surface area (Å²) in [5, 5.41) is 18.5. The number of non-ortho nitro benzene ring substituents is 1. The third-order valence-corrected chi connectivity index (χ3v) is 3.16. The molecule has 0 spiro atoms. The molecular weight excluding hydrogens is 276 g/mol. The van der Waals surface area contributed by atoms with Crippen molar-refractivity contribution in [1.29, 1.82) is 0 Å². The van der Waals surface area contributed by atoms with Gasteiger partial charge in [-0.05, 0) is 12.5 Å². The number of nitro benzene ring substituents is 1. The zero-order chi connectivity index (χ0) is 15.6. The number of allylic oxidation sites excluding steroid dienone is 1. The lowest BCUT2D eigenvalue weighted by Gasteiger charge is -2.28. The van der Waals surface area contributed by atoms with Crippen LogP contribution in [0.3, 0.4) is 0 Å². The Balaban J connectivity index is 2.51. The molecule has 0 fully saturated rings. The molecule has 1 aliphatic rings. The zero-order valence-electron chi connectivity index (χ0n) is 11.5. The summed E-state index contributed by atoms with van der Waals surface area (Å²) in [7, 11) is 1.48. The van der Waals surface area contributed by atoms with Crippen LogP contribution in [0, 0.1) is 10.1 Å². The summed E-state index contributed by atoms with van der Waals surface area (Å²) in [5.74, 6) is -0.364. The maximum absolute atomic E-state index is 12.0. The van der Waals surface area contributed by atoms with E-state index in [0.717, 1.165) is 0 Å². The van der Waals surface area contributed by atoms with E-state index in [1.807, 2.05) is 0 Å². The molecule has 1 aromatic rings. The summed E-state index contributed by atoms with van der Waals surface area (Å²) in [6.07, 6.45) is 0. The van der Waals surface area contributed by atoms with Gasteiger partial charge in [0.2, 0.25) is 0 Å². The van der Waals surface area contributed by atoms with E-state index in [0.29, 0.717) is 16.8 Å². The SMILES string of the molecule is CNC(=O)C1=C(C)NC(=O)NC1c1cccc([N+](=O)[O-])c1. The molecule has 8 heteroatoms. The first-order valence-corrected chi connectivity index (χ1v) is 6.18. The topological polar surface area (TPSA) is 113 Å². The van der Waals surface area contributed by atoms with E-state index in [1.54, 1.807) is 13.0 Å². The van der Waals surface area contributed by atoms with Crippen molar-refractivity contribution >= 4 is 17.6 Å². The van der Waals surface area contributed by atoms with E-state index in [2.05, 4.69) is 16.0 Å². The molecule has 0 bridgehead atoms. The summed E-state index contributed by atoms with van der Waals surface area (Å²) < 4.78 is 0. The molecule has 8 nitrogen and oxygen atoms in total. The highest BCUT2D eigenvalue weighted by Gasteiger charge is 2.31. The van der Waals surface area contributed by atoms with Gasteiger partial charge in [0.1, 0.15) is 0 Å². The maximum atomic E-state index is 12.0.